The molecule has 1 heterocycles. The number of hydrogen-bond acceptors (Lipinski definition) is 3. The average Bonchev–Trinajstić information content (AvgIpc) is 3.22. The average molecular weight is 327 g/mol. The first-order valence-corrected chi connectivity index (χ1v) is 7.10. The summed E-state index contributed by atoms with van der Waals surface area (Å²) in [7, 11) is 0. The first kappa shape index (κ1) is 14.7. The molecule has 0 bridgehead atoms. The summed E-state index contributed by atoms with van der Waals surface area (Å²) in [5.41, 5.74) is 1.02. The van der Waals surface area contributed by atoms with Gasteiger partial charge in [0, 0.05) is 12.6 Å². The summed E-state index contributed by atoms with van der Waals surface area (Å²) in [6, 6.07) is 8.36. The molecule has 3 rings (SSSR count). The van der Waals surface area contributed by atoms with Crippen molar-refractivity contribution in [1.82, 2.24) is 5.32 Å². The third-order valence-corrected chi connectivity index (χ3v) is 4.09. The van der Waals surface area contributed by atoms with Gasteiger partial charge in [-0.15, -0.1) is 17.0 Å². The Morgan fingerprint density at radius 3 is 2.42 bits per heavy atom. The molecular weight excluding hydrogens is 304 g/mol. The molecule has 106 valence electrons. The molecule has 1 saturated carbocycles. The lowest BCUT2D eigenvalue weighted by Gasteiger charge is -2.37. The number of nitrogens with zero attached hydrogens (tertiary/aromatic N) is 1. The molecule has 2 aliphatic rings. The van der Waals surface area contributed by atoms with Crippen molar-refractivity contribution in [2.24, 2.45) is 5.92 Å². The van der Waals surface area contributed by atoms with E-state index in [9.17, 15) is 5.11 Å². The van der Waals surface area contributed by atoms with Crippen LogP contribution in [0.2, 0.25) is 0 Å². The van der Waals surface area contributed by atoms with E-state index in [1.165, 1.54) is 25.7 Å². The van der Waals surface area contributed by atoms with Crippen LogP contribution < -0.4 is 10.2 Å². The molecule has 0 unspecified atom stereocenters. The van der Waals surface area contributed by atoms with Crippen molar-refractivity contribution in [3.8, 4) is 5.75 Å². The zero-order valence-corrected chi connectivity index (χ0v) is 12.9. The van der Waals surface area contributed by atoms with Crippen molar-refractivity contribution < 1.29 is 5.11 Å². The molecule has 0 atom stereocenters. The fourth-order valence-electron chi connectivity index (χ4n) is 2.85. The Labute approximate surface area is 125 Å². The van der Waals surface area contributed by atoms with E-state index in [1.807, 2.05) is 12.1 Å². The number of nitrogens with one attached hydrogen (secondary N) is 1. The lowest BCUT2D eigenvalue weighted by atomic mass is 10.0. The Morgan fingerprint density at radius 2 is 1.79 bits per heavy atom. The molecule has 2 fully saturated rings. The van der Waals surface area contributed by atoms with Gasteiger partial charge in [-0.05, 0) is 56.8 Å². The number of hydrogen-bond donors (Lipinski definition) is 2. The number of phenols is 1. The number of para-hydroxylation sites is 2. The molecule has 19 heavy (non-hydrogen) atoms. The third-order valence-electron chi connectivity index (χ3n) is 4.09. The van der Waals surface area contributed by atoms with E-state index in [2.05, 4.69) is 16.3 Å². The van der Waals surface area contributed by atoms with Crippen LogP contribution in [0, 0.1) is 5.92 Å². The maximum absolute atomic E-state index is 10.1. The highest BCUT2D eigenvalue weighted by atomic mass is 79.9. The van der Waals surface area contributed by atoms with Crippen molar-refractivity contribution in [3.63, 3.8) is 0 Å². The van der Waals surface area contributed by atoms with Crippen LogP contribution in [-0.2, 0) is 0 Å². The van der Waals surface area contributed by atoms with Gasteiger partial charge in [0.2, 0.25) is 0 Å². The lowest BCUT2D eigenvalue weighted by Crippen LogP contribution is -2.44. The van der Waals surface area contributed by atoms with E-state index in [1.54, 1.807) is 6.07 Å². The lowest BCUT2D eigenvalue weighted by molar-refractivity contribution is 0.416. The summed E-state index contributed by atoms with van der Waals surface area (Å²) in [6.45, 7) is 3.31. The Morgan fingerprint density at radius 1 is 1.11 bits per heavy atom. The zero-order valence-electron chi connectivity index (χ0n) is 11.2. The van der Waals surface area contributed by atoms with E-state index in [0.717, 1.165) is 31.2 Å². The second kappa shape index (κ2) is 6.62. The molecule has 1 aromatic rings. The molecule has 2 N–H and O–H groups in total. The van der Waals surface area contributed by atoms with Crippen LogP contribution in [0.1, 0.15) is 25.7 Å². The third kappa shape index (κ3) is 3.63. The van der Waals surface area contributed by atoms with E-state index >= 15 is 0 Å². The number of phenolic OH excluding ortho intramolecular Hbond substituents is 1. The molecule has 0 radical (unpaired) electrons. The molecule has 1 aromatic carbocycles. The Bertz CT molecular complexity index is 403. The summed E-state index contributed by atoms with van der Waals surface area (Å²) < 4.78 is 0. The van der Waals surface area contributed by atoms with Gasteiger partial charge >= 0.3 is 0 Å². The summed E-state index contributed by atoms with van der Waals surface area (Å²) in [6.07, 6.45) is 5.08. The highest BCUT2D eigenvalue weighted by Gasteiger charge is 2.30. The highest BCUT2D eigenvalue weighted by Crippen LogP contribution is 2.36. The van der Waals surface area contributed by atoms with Crippen LogP contribution in [0.3, 0.4) is 0 Å². The number of rotatable bonds is 4. The summed E-state index contributed by atoms with van der Waals surface area (Å²) in [4.78, 5) is 2.45. The standard InChI is InChI=1S/C15H22N2O.BrH/c18-15-4-2-1-3-14(15)17(11-12-5-6-12)13-7-9-16-10-8-13;/h1-4,12-13,16,18H,5-11H2;1H. The maximum atomic E-state index is 10.1. The molecule has 1 aliphatic heterocycles. The van der Waals surface area contributed by atoms with Gasteiger partial charge in [0.15, 0.2) is 0 Å². The number of aromatic hydroxyl groups is 1. The minimum absolute atomic E-state index is 0. The molecule has 4 heteroatoms. The zero-order chi connectivity index (χ0) is 12.4. The van der Waals surface area contributed by atoms with Crippen molar-refractivity contribution in [1.29, 1.82) is 0 Å². The van der Waals surface area contributed by atoms with Gasteiger partial charge in [-0.2, -0.15) is 0 Å². The predicted octanol–water partition coefficient (Wildman–Crippen LogP) is 2.94. The minimum Gasteiger partial charge on any atom is -0.506 e. The Kier molecular flexibility index (Phi) is 5.11. The van der Waals surface area contributed by atoms with E-state index in [-0.39, 0.29) is 17.0 Å². The van der Waals surface area contributed by atoms with E-state index in [4.69, 9.17) is 0 Å². The first-order chi connectivity index (χ1) is 8.84. The SMILES string of the molecule is Br.Oc1ccccc1N(CC1CC1)C1CCNCC1. The van der Waals surface area contributed by atoms with Gasteiger partial charge in [-0.3, -0.25) is 0 Å². The number of halogens is 1. The van der Waals surface area contributed by atoms with E-state index in [0.29, 0.717) is 11.8 Å². The quantitative estimate of drug-likeness (QED) is 0.893. The van der Waals surface area contributed by atoms with Crippen LogP contribution in [0.25, 0.3) is 0 Å². The fourth-order valence-corrected chi connectivity index (χ4v) is 2.85. The van der Waals surface area contributed by atoms with Crippen molar-refractivity contribution in [2.45, 2.75) is 31.7 Å². The number of benzene rings is 1. The Hall–Kier alpha value is -0.740. The van der Waals surface area contributed by atoms with Crippen molar-refractivity contribution in [3.05, 3.63) is 24.3 Å². The second-order valence-corrected chi connectivity index (χ2v) is 5.57. The van der Waals surface area contributed by atoms with Gasteiger partial charge in [0.1, 0.15) is 5.75 Å². The molecule has 0 amide bonds. The van der Waals surface area contributed by atoms with Crippen molar-refractivity contribution in [2.75, 3.05) is 24.5 Å². The van der Waals surface area contributed by atoms with E-state index < -0.39 is 0 Å². The van der Waals surface area contributed by atoms with Crippen LogP contribution in [0.15, 0.2) is 24.3 Å². The maximum Gasteiger partial charge on any atom is 0.138 e. The molecule has 1 saturated heterocycles. The summed E-state index contributed by atoms with van der Waals surface area (Å²) in [5.74, 6) is 1.27. The largest absolute Gasteiger partial charge is 0.506 e. The highest BCUT2D eigenvalue weighted by molar-refractivity contribution is 8.93. The van der Waals surface area contributed by atoms with Crippen LogP contribution in [-0.4, -0.2) is 30.8 Å². The van der Waals surface area contributed by atoms with Crippen molar-refractivity contribution >= 4 is 22.7 Å². The molecule has 0 spiro atoms. The van der Waals surface area contributed by atoms with Gasteiger partial charge < -0.3 is 15.3 Å². The number of anilines is 1. The van der Waals surface area contributed by atoms with Gasteiger partial charge in [-0.25, -0.2) is 0 Å². The topological polar surface area (TPSA) is 35.5 Å². The molecule has 3 nitrogen and oxygen atoms in total. The van der Waals surface area contributed by atoms with Gasteiger partial charge in [0.25, 0.3) is 0 Å². The van der Waals surface area contributed by atoms with Crippen LogP contribution in [0.4, 0.5) is 5.69 Å². The smallest absolute Gasteiger partial charge is 0.138 e. The fraction of sp³-hybridized carbons (Fsp3) is 0.600. The van der Waals surface area contributed by atoms with Crippen LogP contribution in [0.5, 0.6) is 5.75 Å². The summed E-state index contributed by atoms with van der Waals surface area (Å²) in [5, 5.41) is 13.5. The minimum atomic E-state index is 0. The second-order valence-electron chi connectivity index (χ2n) is 5.57. The molecule has 0 aromatic heterocycles. The number of piperidine rings is 1. The normalized spacial score (nSPS) is 19.8. The van der Waals surface area contributed by atoms with Gasteiger partial charge in [-0.1, -0.05) is 12.1 Å². The van der Waals surface area contributed by atoms with Gasteiger partial charge in [0.05, 0.1) is 5.69 Å². The Balaban J connectivity index is 0.00000133. The molecule has 1 aliphatic carbocycles. The first-order valence-electron chi connectivity index (χ1n) is 7.10. The van der Waals surface area contributed by atoms with Crippen LogP contribution >= 0.6 is 17.0 Å². The monoisotopic (exact) mass is 326 g/mol. The summed E-state index contributed by atoms with van der Waals surface area (Å²) >= 11 is 0. The predicted molar refractivity (Wildman–Crippen MR) is 84.4 cm³/mol. The molecular formula is C15H23BrN2O.